The Balaban J connectivity index is 1.05. The zero-order valence-corrected chi connectivity index (χ0v) is 32.4. The molecule has 4 saturated carbocycles. The SMILES string of the molecule is CC1(C)c2ccccc2-c2cc(N(c3ccc(-c4ccccc4)cc3)c3ccc4c(c3)-c3ccc(-c5ccccc5)cc3C43C4CC5CC(C4)CC3C5)ccc21. The normalized spacial score (nSPS) is 24.1. The van der Waals surface area contributed by atoms with Gasteiger partial charge in [-0.25, -0.2) is 0 Å². The molecule has 6 aliphatic rings. The summed E-state index contributed by atoms with van der Waals surface area (Å²) in [4.78, 5) is 2.52. The third kappa shape index (κ3) is 4.55. The molecule has 0 amide bonds. The molecule has 1 nitrogen and oxygen atoms in total. The van der Waals surface area contributed by atoms with Gasteiger partial charge in [0.1, 0.15) is 0 Å². The summed E-state index contributed by atoms with van der Waals surface area (Å²) in [5.41, 5.74) is 20.5. The van der Waals surface area contributed by atoms with Gasteiger partial charge in [0, 0.05) is 27.9 Å². The number of fused-ring (bicyclic) bond motifs is 6. The summed E-state index contributed by atoms with van der Waals surface area (Å²) in [5, 5.41) is 0. The molecule has 13 rings (SSSR count). The van der Waals surface area contributed by atoms with Crippen LogP contribution in [0.15, 0.2) is 164 Å². The molecule has 0 aliphatic heterocycles. The zero-order chi connectivity index (χ0) is 37.2. The van der Waals surface area contributed by atoms with Crippen LogP contribution in [0.25, 0.3) is 44.5 Å². The highest BCUT2D eigenvalue weighted by Crippen LogP contribution is 2.70. The molecule has 272 valence electrons. The van der Waals surface area contributed by atoms with E-state index < -0.39 is 0 Å². The molecule has 56 heavy (non-hydrogen) atoms. The van der Waals surface area contributed by atoms with Gasteiger partial charge in [0.05, 0.1) is 0 Å². The molecule has 0 aromatic heterocycles. The lowest BCUT2D eigenvalue weighted by Gasteiger charge is -2.61. The molecule has 0 N–H and O–H groups in total. The molecule has 0 atom stereocenters. The highest BCUT2D eigenvalue weighted by atomic mass is 15.1. The largest absolute Gasteiger partial charge is 0.310 e. The summed E-state index contributed by atoms with van der Waals surface area (Å²) in [6.45, 7) is 4.75. The number of hydrogen-bond acceptors (Lipinski definition) is 1. The molecule has 1 spiro atoms. The number of rotatable bonds is 5. The maximum absolute atomic E-state index is 2.62. The van der Waals surface area contributed by atoms with Crippen molar-refractivity contribution in [3.63, 3.8) is 0 Å². The number of hydrogen-bond donors (Lipinski definition) is 0. The van der Waals surface area contributed by atoms with Crippen LogP contribution >= 0.6 is 0 Å². The van der Waals surface area contributed by atoms with E-state index in [0.29, 0.717) is 0 Å². The Bertz CT molecular complexity index is 2640. The van der Waals surface area contributed by atoms with E-state index in [4.69, 9.17) is 0 Å². The van der Waals surface area contributed by atoms with Gasteiger partial charge in [-0.1, -0.05) is 135 Å². The van der Waals surface area contributed by atoms with Crippen LogP contribution in [0.2, 0.25) is 0 Å². The van der Waals surface area contributed by atoms with Gasteiger partial charge in [0.15, 0.2) is 0 Å². The summed E-state index contributed by atoms with van der Waals surface area (Å²) in [7, 11) is 0. The van der Waals surface area contributed by atoms with E-state index in [9.17, 15) is 0 Å². The number of nitrogens with zero attached hydrogens (tertiary/aromatic N) is 1. The Hall–Kier alpha value is -5.66. The van der Waals surface area contributed by atoms with Crippen molar-refractivity contribution in [2.75, 3.05) is 4.90 Å². The smallest absolute Gasteiger partial charge is 0.0468 e. The van der Waals surface area contributed by atoms with E-state index in [-0.39, 0.29) is 10.8 Å². The highest BCUT2D eigenvalue weighted by molar-refractivity contribution is 5.91. The monoisotopic (exact) mass is 721 g/mol. The predicted octanol–water partition coefficient (Wildman–Crippen LogP) is 14.5. The van der Waals surface area contributed by atoms with Crippen molar-refractivity contribution in [1.82, 2.24) is 0 Å². The molecular weight excluding hydrogens is 675 g/mol. The Morgan fingerprint density at radius 3 is 1.52 bits per heavy atom. The van der Waals surface area contributed by atoms with E-state index in [1.165, 1.54) is 105 Å². The minimum atomic E-state index is -0.0323. The minimum Gasteiger partial charge on any atom is -0.310 e. The van der Waals surface area contributed by atoms with Crippen LogP contribution in [0, 0.1) is 23.7 Å². The van der Waals surface area contributed by atoms with Crippen LogP contribution in [-0.2, 0) is 10.8 Å². The molecule has 7 aromatic rings. The molecular formula is C55H47N. The van der Waals surface area contributed by atoms with Gasteiger partial charge in [0.25, 0.3) is 0 Å². The van der Waals surface area contributed by atoms with Crippen molar-refractivity contribution >= 4 is 17.1 Å². The average molecular weight is 722 g/mol. The van der Waals surface area contributed by atoms with E-state index in [2.05, 4.69) is 183 Å². The second-order valence-electron chi connectivity index (χ2n) is 18.2. The minimum absolute atomic E-state index is 0.0323. The van der Waals surface area contributed by atoms with Crippen LogP contribution < -0.4 is 4.90 Å². The first-order valence-corrected chi connectivity index (χ1v) is 21.0. The summed E-state index contributed by atoms with van der Waals surface area (Å²) >= 11 is 0. The quantitative estimate of drug-likeness (QED) is 0.171. The van der Waals surface area contributed by atoms with Gasteiger partial charge >= 0.3 is 0 Å². The Kier molecular flexibility index (Phi) is 6.93. The van der Waals surface area contributed by atoms with Crippen LogP contribution in [0.1, 0.15) is 68.2 Å². The number of benzene rings is 7. The van der Waals surface area contributed by atoms with Crippen molar-refractivity contribution in [3.05, 3.63) is 186 Å². The Morgan fingerprint density at radius 2 is 0.857 bits per heavy atom. The standard InChI is InChI=1S/C55H47N/c1-54(2)50-16-10-9-15-46(50)48-33-44(22-25-51(48)54)56(43-20-17-39(18-21-43)37-11-5-3-6-12-37)45-23-26-52-49(34-45)47-24-19-40(38-13-7-4-8-14-38)32-53(47)55(52)41-28-35-27-36(30-41)31-42(55)29-35/h3-26,32-36,41-42H,27-31H2,1-2H3. The molecule has 4 fully saturated rings. The fourth-order valence-corrected chi connectivity index (χ4v) is 12.9. The fraction of sp³-hybridized carbons (Fsp3) is 0.236. The van der Waals surface area contributed by atoms with Gasteiger partial charge in [-0.3, -0.25) is 0 Å². The first-order valence-electron chi connectivity index (χ1n) is 21.0. The van der Waals surface area contributed by atoms with E-state index in [1.807, 2.05) is 0 Å². The molecule has 0 unspecified atom stereocenters. The first kappa shape index (κ1) is 32.6. The van der Waals surface area contributed by atoms with Gasteiger partial charge in [-0.2, -0.15) is 0 Å². The van der Waals surface area contributed by atoms with Crippen LogP contribution in [0.4, 0.5) is 17.1 Å². The lowest BCUT2D eigenvalue weighted by molar-refractivity contribution is -0.0399. The van der Waals surface area contributed by atoms with Gasteiger partial charge in [0.2, 0.25) is 0 Å². The maximum atomic E-state index is 2.62. The second kappa shape index (κ2) is 11.9. The third-order valence-electron chi connectivity index (χ3n) is 15.1. The summed E-state index contributed by atoms with van der Waals surface area (Å²) in [6, 6.07) is 62.3. The van der Waals surface area contributed by atoms with Crippen molar-refractivity contribution < 1.29 is 0 Å². The predicted molar refractivity (Wildman–Crippen MR) is 233 cm³/mol. The van der Waals surface area contributed by atoms with E-state index >= 15 is 0 Å². The lowest BCUT2D eigenvalue weighted by Crippen LogP contribution is -2.55. The van der Waals surface area contributed by atoms with Crippen LogP contribution in [0.3, 0.4) is 0 Å². The molecule has 7 aromatic carbocycles. The third-order valence-corrected chi connectivity index (χ3v) is 15.1. The summed E-state index contributed by atoms with van der Waals surface area (Å²) < 4.78 is 0. The molecule has 0 heterocycles. The first-order chi connectivity index (χ1) is 27.5. The van der Waals surface area contributed by atoms with E-state index in [0.717, 1.165) is 23.7 Å². The molecule has 0 saturated heterocycles. The summed E-state index contributed by atoms with van der Waals surface area (Å²) in [5.74, 6) is 3.27. The fourth-order valence-electron chi connectivity index (χ4n) is 12.9. The van der Waals surface area contributed by atoms with Gasteiger partial charge < -0.3 is 4.90 Å². The Morgan fingerprint density at radius 1 is 0.375 bits per heavy atom. The van der Waals surface area contributed by atoms with Gasteiger partial charge in [-0.15, -0.1) is 0 Å². The molecule has 1 heteroatoms. The van der Waals surface area contributed by atoms with Gasteiger partial charge in [-0.05, 0) is 165 Å². The second-order valence-corrected chi connectivity index (χ2v) is 18.2. The van der Waals surface area contributed by atoms with Crippen molar-refractivity contribution in [2.45, 2.75) is 56.8 Å². The van der Waals surface area contributed by atoms with E-state index in [1.54, 1.807) is 11.1 Å². The van der Waals surface area contributed by atoms with Crippen molar-refractivity contribution in [2.24, 2.45) is 23.7 Å². The van der Waals surface area contributed by atoms with Crippen molar-refractivity contribution in [1.29, 1.82) is 0 Å². The van der Waals surface area contributed by atoms with Crippen molar-refractivity contribution in [3.8, 4) is 44.5 Å². The molecule has 6 aliphatic carbocycles. The maximum Gasteiger partial charge on any atom is 0.0468 e. The molecule has 4 bridgehead atoms. The average Bonchev–Trinajstić information content (AvgIpc) is 3.65. The highest BCUT2D eigenvalue weighted by Gasteiger charge is 2.61. The Labute approximate surface area is 331 Å². The summed E-state index contributed by atoms with van der Waals surface area (Å²) in [6.07, 6.45) is 7.00. The van der Waals surface area contributed by atoms with Crippen LogP contribution in [0.5, 0.6) is 0 Å². The number of anilines is 3. The van der Waals surface area contributed by atoms with Crippen LogP contribution in [-0.4, -0.2) is 0 Å². The topological polar surface area (TPSA) is 3.24 Å². The molecule has 0 radical (unpaired) electrons. The lowest BCUT2D eigenvalue weighted by atomic mass is 9.43. The zero-order valence-electron chi connectivity index (χ0n) is 32.4.